The molecule has 0 spiro atoms. The first-order valence-corrected chi connectivity index (χ1v) is 9.86. The number of fused-ring (bicyclic) bond motifs is 1. The average Bonchev–Trinajstić information content (AvgIpc) is 3.02. The second-order valence-corrected chi connectivity index (χ2v) is 7.72. The molecule has 3 rings (SSSR count). The van der Waals surface area contributed by atoms with Gasteiger partial charge in [0.05, 0.1) is 0 Å². The van der Waals surface area contributed by atoms with E-state index >= 15 is 0 Å². The summed E-state index contributed by atoms with van der Waals surface area (Å²) in [7, 11) is 0. The number of rotatable bonds is 6. The number of benzene rings is 1. The number of hydrogen-bond donors (Lipinski definition) is 0. The van der Waals surface area contributed by atoms with Crippen LogP contribution in [0.25, 0.3) is 10.1 Å². The maximum atomic E-state index is 11.9. The standard InChI is InChI=1S/C22H25NO2S/c1-6-19(24)10-18-12-26-22-15(4)20(9-13(2)21(18)22)25-11-17-8-7-14(3)23-16(17)5/h7-9,12H,6,10-11H2,1-5H3. The normalized spacial score (nSPS) is 11.1. The molecule has 0 saturated carbocycles. The Balaban J connectivity index is 1.90. The fraction of sp³-hybridized carbons (Fsp3) is 0.364. The van der Waals surface area contributed by atoms with Gasteiger partial charge in [0, 0.05) is 40.1 Å². The largest absolute Gasteiger partial charge is 0.489 e. The molecule has 0 aliphatic carbocycles. The van der Waals surface area contributed by atoms with Gasteiger partial charge in [0.2, 0.25) is 0 Å². The Hall–Kier alpha value is -2.20. The van der Waals surface area contributed by atoms with Crippen LogP contribution in [0, 0.1) is 27.7 Å². The SMILES string of the molecule is CCC(=O)Cc1csc2c(C)c(OCc3ccc(C)nc3C)cc(C)c12. The van der Waals surface area contributed by atoms with Gasteiger partial charge in [0.1, 0.15) is 18.1 Å². The number of aromatic nitrogens is 1. The Kier molecular flexibility index (Phi) is 5.42. The number of pyridine rings is 1. The monoisotopic (exact) mass is 367 g/mol. The topological polar surface area (TPSA) is 39.2 Å². The number of aryl methyl sites for hydroxylation is 4. The van der Waals surface area contributed by atoms with Crippen molar-refractivity contribution in [2.45, 2.75) is 54.1 Å². The lowest BCUT2D eigenvalue weighted by Gasteiger charge is -2.13. The van der Waals surface area contributed by atoms with Crippen molar-refractivity contribution in [3.8, 4) is 5.75 Å². The molecule has 0 unspecified atom stereocenters. The van der Waals surface area contributed by atoms with Crippen LogP contribution in [0.2, 0.25) is 0 Å². The van der Waals surface area contributed by atoms with Crippen molar-refractivity contribution in [3.63, 3.8) is 0 Å². The van der Waals surface area contributed by atoms with E-state index in [1.165, 1.54) is 15.6 Å². The smallest absolute Gasteiger partial charge is 0.137 e. The predicted molar refractivity (Wildman–Crippen MR) is 108 cm³/mol. The van der Waals surface area contributed by atoms with E-state index in [4.69, 9.17) is 4.74 Å². The lowest BCUT2D eigenvalue weighted by molar-refractivity contribution is -0.118. The quantitative estimate of drug-likeness (QED) is 0.567. The number of ketones is 1. The van der Waals surface area contributed by atoms with Crippen LogP contribution >= 0.6 is 11.3 Å². The number of thiophene rings is 1. The average molecular weight is 368 g/mol. The molecule has 0 radical (unpaired) electrons. The van der Waals surface area contributed by atoms with Crippen LogP contribution in [-0.4, -0.2) is 10.8 Å². The first-order valence-electron chi connectivity index (χ1n) is 8.98. The molecule has 0 amide bonds. The summed E-state index contributed by atoms with van der Waals surface area (Å²) in [5.74, 6) is 1.19. The Morgan fingerprint density at radius 2 is 1.92 bits per heavy atom. The number of Topliss-reactive ketones (excluding diaryl/α,β-unsaturated/α-hetero) is 1. The molecule has 0 saturated heterocycles. The molecule has 2 aromatic heterocycles. The lowest BCUT2D eigenvalue weighted by atomic mass is 10.00. The molecule has 0 N–H and O–H groups in total. The van der Waals surface area contributed by atoms with Gasteiger partial charge < -0.3 is 4.74 Å². The molecule has 0 atom stereocenters. The zero-order valence-electron chi connectivity index (χ0n) is 16.1. The molecule has 0 fully saturated rings. The summed E-state index contributed by atoms with van der Waals surface area (Å²) in [5, 5.41) is 3.34. The van der Waals surface area contributed by atoms with Gasteiger partial charge in [-0.15, -0.1) is 11.3 Å². The van der Waals surface area contributed by atoms with E-state index in [0.717, 1.165) is 33.8 Å². The molecule has 0 bridgehead atoms. The molecule has 0 aliphatic heterocycles. The van der Waals surface area contributed by atoms with Crippen LogP contribution < -0.4 is 4.74 Å². The second-order valence-electron chi connectivity index (χ2n) is 6.84. The van der Waals surface area contributed by atoms with Gasteiger partial charge in [-0.2, -0.15) is 0 Å². The first-order chi connectivity index (χ1) is 12.4. The van der Waals surface area contributed by atoms with Crippen LogP contribution in [0.4, 0.5) is 0 Å². The number of hydrogen-bond acceptors (Lipinski definition) is 4. The van der Waals surface area contributed by atoms with Gasteiger partial charge >= 0.3 is 0 Å². The number of nitrogens with zero attached hydrogens (tertiary/aromatic N) is 1. The van der Waals surface area contributed by atoms with Crippen molar-refractivity contribution in [3.05, 3.63) is 57.2 Å². The predicted octanol–water partition coefficient (Wildman–Crippen LogP) is 5.63. The summed E-state index contributed by atoms with van der Waals surface area (Å²) in [6.45, 7) is 10.6. The zero-order valence-corrected chi connectivity index (χ0v) is 16.9. The molecule has 1 aromatic carbocycles. The lowest BCUT2D eigenvalue weighted by Crippen LogP contribution is -2.02. The third-order valence-corrected chi connectivity index (χ3v) is 5.97. The maximum Gasteiger partial charge on any atom is 0.137 e. The summed E-state index contributed by atoms with van der Waals surface area (Å²) in [6, 6.07) is 6.20. The van der Waals surface area contributed by atoms with Gasteiger partial charge in [0.25, 0.3) is 0 Å². The second kappa shape index (κ2) is 7.58. The van der Waals surface area contributed by atoms with Crippen molar-refractivity contribution in [2.24, 2.45) is 0 Å². The van der Waals surface area contributed by atoms with Crippen molar-refractivity contribution < 1.29 is 9.53 Å². The summed E-state index contributed by atoms with van der Waals surface area (Å²) in [5.41, 5.74) is 6.59. The van der Waals surface area contributed by atoms with Gasteiger partial charge in [-0.3, -0.25) is 9.78 Å². The van der Waals surface area contributed by atoms with Gasteiger partial charge in [-0.1, -0.05) is 13.0 Å². The molecule has 26 heavy (non-hydrogen) atoms. The maximum absolute atomic E-state index is 11.9. The van der Waals surface area contributed by atoms with E-state index in [9.17, 15) is 4.79 Å². The summed E-state index contributed by atoms with van der Waals surface area (Å²) < 4.78 is 7.36. The Morgan fingerprint density at radius 3 is 2.62 bits per heavy atom. The Labute approximate surface area is 159 Å². The molecule has 3 aromatic rings. The fourth-order valence-corrected chi connectivity index (χ4v) is 4.38. The van der Waals surface area contributed by atoms with Crippen molar-refractivity contribution in [2.75, 3.05) is 0 Å². The Bertz CT molecular complexity index is 972. The van der Waals surface area contributed by atoms with Crippen LogP contribution in [0.3, 0.4) is 0 Å². The highest BCUT2D eigenvalue weighted by Gasteiger charge is 2.15. The molecule has 3 nitrogen and oxygen atoms in total. The molecule has 4 heteroatoms. The summed E-state index contributed by atoms with van der Waals surface area (Å²) in [6.07, 6.45) is 1.10. The third kappa shape index (κ3) is 3.65. The number of carbonyl (C=O) groups excluding carboxylic acids is 1. The van der Waals surface area contributed by atoms with E-state index in [-0.39, 0.29) is 5.78 Å². The van der Waals surface area contributed by atoms with Crippen LogP contribution in [0.5, 0.6) is 5.75 Å². The fourth-order valence-electron chi connectivity index (χ4n) is 3.23. The van der Waals surface area contributed by atoms with Crippen molar-refractivity contribution >= 4 is 27.2 Å². The zero-order chi connectivity index (χ0) is 18.8. The van der Waals surface area contributed by atoms with E-state index in [2.05, 4.69) is 36.3 Å². The molecule has 2 heterocycles. The van der Waals surface area contributed by atoms with E-state index in [0.29, 0.717) is 19.4 Å². The molecular formula is C22H25NO2S. The third-order valence-electron chi connectivity index (χ3n) is 4.82. The van der Waals surface area contributed by atoms with Crippen molar-refractivity contribution in [1.29, 1.82) is 0 Å². The molecular weight excluding hydrogens is 342 g/mol. The summed E-state index contributed by atoms with van der Waals surface area (Å²) in [4.78, 5) is 16.4. The highest BCUT2D eigenvalue weighted by Crippen LogP contribution is 2.37. The van der Waals surface area contributed by atoms with E-state index in [1.54, 1.807) is 11.3 Å². The summed E-state index contributed by atoms with van der Waals surface area (Å²) >= 11 is 1.70. The molecule has 136 valence electrons. The molecule has 0 aliphatic rings. The minimum absolute atomic E-state index is 0.282. The van der Waals surface area contributed by atoms with Crippen LogP contribution in [0.1, 0.15) is 47.0 Å². The first kappa shape index (κ1) is 18.6. The van der Waals surface area contributed by atoms with Gasteiger partial charge in [-0.25, -0.2) is 0 Å². The highest BCUT2D eigenvalue weighted by molar-refractivity contribution is 7.17. The van der Waals surface area contributed by atoms with Crippen LogP contribution in [0.15, 0.2) is 23.6 Å². The van der Waals surface area contributed by atoms with E-state index < -0.39 is 0 Å². The number of ether oxygens (including phenoxy) is 1. The van der Waals surface area contributed by atoms with Gasteiger partial charge in [-0.05, 0) is 61.7 Å². The highest BCUT2D eigenvalue weighted by atomic mass is 32.1. The minimum atomic E-state index is 0.282. The number of carbonyl (C=O) groups is 1. The Morgan fingerprint density at radius 1 is 1.15 bits per heavy atom. The van der Waals surface area contributed by atoms with Crippen LogP contribution in [-0.2, 0) is 17.8 Å². The van der Waals surface area contributed by atoms with Crippen molar-refractivity contribution in [1.82, 2.24) is 4.98 Å². The van der Waals surface area contributed by atoms with E-state index in [1.807, 2.05) is 26.8 Å². The van der Waals surface area contributed by atoms with Gasteiger partial charge in [0.15, 0.2) is 0 Å². The minimum Gasteiger partial charge on any atom is -0.489 e.